The van der Waals surface area contributed by atoms with E-state index in [1.165, 1.54) is 30.3 Å². The molecule has 0 saturated carbocycles. The monoisotopic (exact) mass is 485 g/mol. The molecule has 0 aliphatic rings. The van der Waals surface area contributed by atoms with Gasteiger partial charge in [0, 0.05) is 18.0 Å². The number of rotatable bonds is 8. The number of anilines is 2. The number of H-pyrrole nitrogens is 1. The summed E-state index contributed by atoms with van der Waals surface area (Å²) in [5.41, 5.74) is 2.54. The van der Waals surface area contributed by atoms with Gasteiger partial charge in [0.2, 0.25) is 5.91 Å². The van der Waals surface area contributed by atoms with Crippen LogP contribution in [0.5, 0.6) is 5.75 Å². The zero-order valence-corrected chi connectivity index (χ0v) is 20.7. The Morgan fingerprint density at radius 3 is 2.50 bits per heavy atom. The average molecular weight is 486 g/mol. The van der Waals surface area contributed by atoms with Crippen molar-refractivity contribution >= 4 is 40.0 Å². The molecule has 2 aromatic heterocycles. The van der Waals surface area contributed by atoms with Gasteiger partial charge in [0.05, 0.1) is 30.2 Å². The fourth-order valence-corrected chi connectivity index (χ4v) is 4.30. The van der Waals surface area contributed by atoms with E-state index in [0.717, 1.165) is 0 Å². The number of carbonyl (C=O) groups is 3. The molecule has 1 amide bonds. The number of nitrogens with one attached hydrogen (secondary N) is 1. The van der Waals surface area contributed by atoms with Crippen LogP contribution in [0.1, 0.15) is 58.6 Å². The predicted molar refractivity (Wildman–Crippen MR) is 128 cm³/mol. The molecule has 0 atom stereocenters. The number of ether oxygens (including phenoxy) is 3. The number of para-hydroxylation sites is 2. The third-order valence-electron chi connectivity index (χ3n) is 4.91. The summed E-state index contributed by atoms with van der Waals surface area (Å²) in [6.45, 7) is 8.21. The molecule has 0 bridgehead atoms. The lowest BCUT2D eigenvalue weighted by molar-refractivity contribution is -0.115. The van der Waals surface area contributed by atoms with Crippen molar-refractivity contribution in [2.45, 2.75) is 47.3 Å². The highest BCUT2D eigenvalue weighted by atomic mass is 32.1. The van der Waals surface area contributed by atoms with E-state index in [0.29, 0.717) is 39.1 Å². The zero-order chi connectivity index (χ0) is 25.0. The highest BCUT2D eigenvalue weighted by molar-refractivity contribution is 7.14. The first-order valence-electron chi connectivity index (χ1n) is 10.6. The van der Waals surface area contributed by atoms with Crippen molar-refractivity contribution in [3.05, 3.63) is 57.9 Å². The molecule has 10 heteroatoms. The summed E-state index contributed by atoms with van der Waals surface area (Å²) in [6, 6.07) is 7.13. The fraction of sp³-hybridized carbons (Fsp3) is 0.333. The number of thiazole rings is 1. The van der Waals surface area contributed by atoms with Crippen molar-refractivity contribution in [3.63, 3.8) is 0 Å². The molecule has 0 unspecified atom stereocenters. The van der Waals surface area contributed by atoms with Gasteiger partial charge in [0.1, 0.15) is 18.1 Å². The summed E-state index contributed by atoms with van der Waals surface area (Å²) in [6.07, 6.45) is -0.277. The molecule has 0 aliphatic carbocycles. The molecule has 1 N–H and O–H groups in total. The van der Waals surface area contributed by atoms with Gasteiger partial charge < -0.3 is 19.2 Å². The normalized spacial score (nSPS) is 10.8. The largest absolute Gasteiger partial charge is 0.495 e. The third-order valence-corrected chi connectivity index (χ3v) is 5.79. The number of hydrogen-bond donors (Lipinski definition) is 1. The lowest BCUT2D eigenvalue weighted by Crippen LogP contribution is -2.23. The highest BCUT2D eigenvalue weighted by Crippen LogP contribution is 2.35. The molecule has 9 nitrogen and oxygen atoms in total. The number of aromatic nitrogens is 2. The maximum atomic E-state index is 12.7. The van der Waals surface area contributed by atoms with E-state index in [9.17, 15) is 14.4 Å². The first kappa shape index (κ1) is 25.0. The summed E-state index contributed by atoms with van der Waals surface area (Å²) >= 11 is 1.24. The SMILES string of the molecule is COc1ccccc1N(C(C)=O)c1nc(COC(=O)c2[nH]c(C)c(C(=O)OC(C)C)c2C)cs1. The second-order valence-electron chi connectivity index (χ2n) is 7.80. The predicted octanol–water partition coefficient (Wildman–Crippen LogP) is 4.70. The molecule has 2 heterocycles. The first-order valence-corrected chi connectivity index (χ1v) is 11.5. The second-order valence-corrected chi connectivity index (χ2v) is 8.64. The summed E-state index contributed by atoms with van der Waals surface area (Å²) < 4.78 is 16.0. The van der Waals surface area contributed by atoms with Gasteiger partial charge in [-0.15, -0.1) is 11.3 Å². The molecule has 0 radical (unpaired) electrons. The Bertz CT molecular complexity index is 1210. The zero-order valence-electron chi connectivity index (χ0n) is 19.9. The van der Waals surface area contributed by atoms with E-state index < -0.39 is 11.9 Å². The van der Waals surface area contributed by atoms with Crippen molar-refractivity contribution in [2.75, 3.05) is 12.0 Å². The maximum absolute atomic E-state index is 12.7. The van der Waals surface area contributed by atoms with Crippen LogP contribution in [0.3, 0.4) is 0 Å². The number of esters is 2. The lowest BCUT2D eigenvalue weighted by atomic mass is 10.1. The average Bonchev–Trinajstić information content (AvgIpc) is 3.35. The molecule has 180 valence electrons. The van der Waals surface area contributed by atoms with Crippen molar-refractivity contribution in [1.29, 1.82) is 0 Å². The van der Waals surface area contributed by atoms with E-state index in [1.807, 2.05) is 6.07 Å². The van der Waals surface area contributed by atoms with Crippen LogP contribution >= 0.6 is 11.3 Å². The van der Waals surface area contributed by atoms with Crippen molar-refractivity contribution in [2.24, 2.45) is 0 Å². The number of methoxy groups -OCH3 is 1. The number of aryl methyl sites for hydroxylation is 1. The van der Waals surface area contributed by atoms with Gasteiger partial charge in [-0.05, 0) is 45.4 Å². The van der Waals surface area contributed by atoms with Crippen molar-refractivity contribution < 1.29 is 28.6 Å². The van der Waals surface area contributed by atoms with Crippen LogP contribution in [0.25, 0.3) is 0 Å². The van der Waals surface area contributed by atoms with Gasteiger partial charge in [-0.2, -0.15) is 0 Å². The lowest BCUT2D eigenvalue weighted by Gasteiger charge is -2.20. The molecule has 1 aromatic carbocycles. The Labute approximate surface area is 201 Å². The molecule has 3 aromatic rings. The van der Waals surface area contributed by atoms with Crippen LogP contribution in [-0.4, -0.2) is 41.0 Å². The number of carbonyl (C=O) groups excluding carboxylic acids is 3. The molecule has 0 aliphatic heterocycles. The smallest absolute Gasteiger partial charge is 0.355 e. The number of aromatic amines is 1. The molecular weight excluding hydrogens is 458 g/mol. The molecule has 34 heavy (non-hydrogen) atoms. The van der Waals surface area contributed by atoms with Gasteiger partial charge in [0.15, 0.2) is 5.13 Å². The summed E-state index contributed by atoms with van der Waals surface area (Å²) in [5.74, 6) is -0.817. The first-order chi connectivity index (χ1) is 16.1. The van der Waals surface area contributed by atoms with Gasteiger partial charge in [-0.3, -0.25) is 9.69 Å². The van der Waals surface area contributed by atoms with E-state index >= 15 is 0 Å². The number of hydrogen-bond acceptors (Lipinski definition) is 8. The summed E-state index contributed by atoms with van der Waals surface area (Å²) in [4.78, 5) is 46.2. The Kier molecular flexibility index (Phi) is 7.72. The van der Waals surface area contributed by atoms with Gasteiger partial charge in [0.25, 0.3) is 0 Å². The number of benzene rings is 1. The number of nitrogens with zero attached hydrogens (tertiary/aromatic N) is 2. The van der Waals surface area contributed by atoms with Crippen LogP contribution in [-0.2, 0) is 20.9 Å². The Morgan fingerprint density at radius 1 is 1.15 bits per heavy atom. The quantitative estimate of drug-likeness (QED) is 0.460. The van der Waals surface area contributed by atoms with E-state index in [-0.39, 0.29) is 24.3 Å². The Balaban J connectivity index is 1.75. The molecule has 0 fully saturated rings. The standard InChI is InChI=1S/C24H27N3O6S/c1-13(2)33-22(29)20-14(3)21(25-15(20)4)23(30)32-11-17-12-34-24(26-17)27(16(5)28)18-9-7-8-10-19(18)31-6/h7-10,12-13,25H,11H2,1-6H3. The van der Waals surface area contributed by atoms with Gasteiger partial charge >= 0.3 is 11.9 Å². The van der Waals surface area contributed by atoms with Gasteiger partial charge in [-0.25, -0.2) is 14.6 Å². The second kappa shape index (κ2) is 10.5. The van der Waals surface area contributed by atoms with Crippen LogP contribution in [0.4, 0.5) is 10.8 Å². The van der Waals surface area contributed by atoms with Crippen LogP contribution in [0.2, 0.25) is 0 Å². The Hall–Kier alpha value is -3.66. The molecular formula is C24H27N3O6S. The molecule has 0 spiro atoms. The fourth-order valence-electron chi connectivity index (χ4n) is 3.43. The highest BCUT2D eigenvalue weighted by Gasteiger charge is 2.25. The van der Waals surface area contributed by atoms with Crippen molar-refractivity contribution in [1.82, 2.24) is 9.97 Å². The third kappa shape index (κ3) is 5.28. The molecule has 3 rings (SSSR count). The maximum Gasteiger partial charge on any atom is 0.355 e. The summed E-state index contributed by atoms with van der Waals surface area (Å²) in [7, 11) is 1.53. The minimum atomic E-state index is -0.619. The van der Waals surface area contributed by atoms with Crippen LogP contribution in [0, 0.1) is 13.8 Å². The minimum Gasteiger partial charge on any atom is -0.495 e. The minimum absolute atomic E-state index is 0.101. The molecule has 0 saturated heterocycles. The van der Waals surface area contributed by atoms with E-state index in [2.05, 4.69) is 9.97 Å². The van der Waals surface area contributed by atoms with Crippen LogP contribution in [0.15, 0.2) is 29.6 Å². The summed E-state index contributed by atoms with van der Waals surface area (Å²) in [5, 5.41) is 2.14. The Morgan fingerprint density at radius 2 is 1.85 bits per heavy atom. The van der Waals surface area contributed by atoms with Gasteiger partial charge in [-0.1, -0.05) is 12.1 Å². The number of amides is 1. The topological polar surface area (TPSA) is 111 Å². The van der Waals surface area contributed by atoms with E-state index in [1.54, 1.807) is 51.3 Å². The van der Waals surface area contributed by atoms with Crippen LogP contribution < -0.4 is 9.64 Å². The van der Waals surface area contributed by atoms with Crippen molar-refractivity contribution in [3.8, 4) is 5.75 Å². The van der Waals surface area contributed by atoms with E-state index in [4.69, 9.17) is 14.2 Å².